The van der Waals surface area contributed by atoms with Crippen LogP contribution in [0.15, 0.2) is 71.9 Å². The number of aromatic nitrogens is 2. The molecule has 0 bridgehead atoms. The van der Waals surface area contributed by atoms with Gasteiger partial charge in [0.25, 0.3) is 5.56 Å². The highest BCUT2D eigenvalue weighted by Crippen LogP contribution is 2.42. The molecule has 0 saturated heterocycles. The van der Waals surface area contributed by atoms with Gasteiger partial charge in [0.15, 0.2) is 0 Å². The van der Waals surface area contributed by atoms with Crippen LogP contribution < -0.4 is 11.0 Å². The number of benzene rings is 1. The van der Waals surface area contributed by atoms with Crippen molar-refractivity contribution in [2.45, 2.75) is 13.0 Å². The molecule has 8 heteroatoms. The van der Waals surface area contributed by atoms with Gasteiger partial charge in [-0.05, 0) is 41.5 Å². The third-order valence-electron chi connectivity index (χ3n) is 5.15. The Morgan fingerprint density at radius 3 is 2.45 bits per heavy atom. The SMILES string of the molecule is CC(=O)n1ccc(C2=C(c3ccncc3)C(c3ccc(F)cc3)NN2CCO)cc1=O. The molecule has 3 heterocycles. The van der Waals surface area contributed by atoms with Gasteiger partial charge in [0.1, 0.15) is 5.82 Å². The van der Waals surface area contributed by atoms with E-state index in [9.17, 15) is 19.1 Å². The van der Waals surface area contributed by atoms with Crippen LogP contribution in [-0.2, 0) is 0 Å². The molecule has 3 aromatic rings. The molecule has 4 rings (SSSR count). The normalized spacial score (nSPS) is 16.1. The lowest BCUT2D eigenvalue weighted by Crippen LogP contribution is -2.35. The lowest BCUT2D eigenvalue weighted by atomic mass is 9.91. The molecule has 0 saturated carbocycles. The molecule has 158 valence electrons. The highest BCUT2D eigenvalue weighted by molar-refractivity contribution is 5.94. The molecule has 0 radical (unpaired) electrons. The lowest BCUT2D eigenvalue weighted by Gasteiger charge is -2.23. The number of halogens is 1. The van der Waals surface area contributed by atoms with Crippen LogP contribution in [0.5, 0.6) is 0 Å². The van der Waals surface area contributed by atoms with Crippen LogP contribution in [0.2, 0.25) is 0 Å². The highest BCUT2D eigenvalue weighted by atomic mass is 19.1. The van der Waals surface area contributed by atoms with Gasteiger partial charge >= 0.3 is 0 Å². The fraction of sp³-hybridized carbons (Fsp3) is 0.174. The van der Waals surface area contributed by atoms with Crippen molar-refractivity contribution in [1.29, 1.82) is 0 Å². The number of aliphatic hydroxyl groups is 1. The number of carbonyl (C=O) groups excluding carboxylic acids is 1. The van der Waals surface area contributed by atoms with Crippen LogP contribution in [0.4, 0.5) is 4.39 Å². The Hall–Kier alpha value is -3.62. The number of β-amino-alcohol motifs (C(OH)–C–C–N with tert-alkyl or cyclic N) is 1. The quantitative estimate of drug-likeness (QED) is 0.660. The van der Waals surface area contributed by atoms with Gasteiger partial charge in [0, 0.05) is 42.7 Å². The summed E-state index contributed by atoms with van der Waals surface area (Å²) in [5.41, 5.74) is 6.75. The van der Waals surface area contributed by atoms with Crippen molar-refractivity contribution >= 4 is 17.2 Å². The molecule has 1 unspecified atom stereocenters. The van der Waals surface area contributed by atoms with E-state index < -0.39 is 5.56 Å². The van der Waals surface area contributed by atoms with Crippen molar-refractivity contribution in [3.63, 3.8) is 0 Å². The number of aliphatic hydroxyl groups excluding tert-OH is 1. The van der Waals surface area contributed by atoms with Crippen molar-refractivity contribution in [3.05, 3.63) is 100.0 Å². The molecule has 1 aliphatic rings. The average Bonchev–Trinajstić information content (AvgIpc) is 3.14. The van der Waals surface area contributed by atoms with E-state index in [1.54, 1.807) is 35.6 Å². The number of nitrogens with zero attached hydrogens (tertiary/aromatic N) is 3. The molecular formula is C23H21FN4O3. The standard InChI is InChI=1S/C23H21FN4O3/c1-15(30)27-11-8-18(14-20(27)31)23-21(16-6-9-25-10-7-16)22(26-28(23)12-13-29)17-2-4-19(24)5-3-17/h2-11,14,22,26,29H,12-13H2,1H3. The lowest BCUT2D eigenvalue weighted by molar-refractivity contribution is 0.0932. The summed E-state index contributed by atoms with van der Waals surface area (Å²) in [4.78, 5) is 28.3. The minimum Gasteiger partial charge on any atom is -0.394 e. The zero-order chi connectivity index (χ0) is 22.0. The van der Waals surface area contributed by atoms with Gasteiger partial charge in [0.2, 0.25) is 5.91 Å². The Morgan fingerprint density at radius 2 is 1.84 bits per heavy atom. The van der Waals surface area contributed by atoms with E-state index in [-0.39, 0.29) is 30.9 Å². The van der Waals surface area contributed by atoms with Crippen molar-refractivity contribution in [3.8, 4) is 0 Å². The average molecular weight is 420 g/mol. The summed E-state index contributed by atoms with van der Waals surface area (Å²) in [6, 6.07) is 12.6. The summed E-state index contributed by atoms with van der Waals surface area (Å²) < 4.78 is 14.6. The Kier molecular flexibility index (Phi) is 5.75. The fourth-order valence-corrected chi connectivity index (χ4v) is 3.77. The van der Waals surface area contributed by atoms with Crippen LogP contribution in [0.1, 0.15) is 34.5 Å². The third kappa shape index (κ3) is 4.03. The number of pyridine rings is 2. The molecular weight excluding hydrogens is 399 g/mol. The van der Waals surface area contributed by atoms with Crippen LogP contribution in [0.3, 0.4) is 0 Å². The maximum absolute atomic E-state index is 13.5. The first-order valence-electron chi connectivity index (χ1n) is 9.78. The molecule has 0 amide bonds. The monoisotopic (exact) mass is 420 g/mol. The number of carbonyl (C=O) groups is 1. The first-order chi connectivity index (χ1) is 15.0. The van der Waals surface area contributed by atoms with E-state index in [1.165, 1.54) is 31.3 Å². The molecule has 1 aromatic carbocycles. The molecule has 0 fully saturated rings. The zero-order valence-electron chi connectivity index (χ0n) is 16.8. The largest absolute Gasteiger partial charge is 0.394 e. The first-order valence-corrected chi connectivity index (χ1v) is 9.78. The van der Waals surface area contributed by atoms with Gasteiger partial charge in [-0.3, -0.25) is 19.1 Å². The van der Waals surface area contributed by atoms with Crippen LogP contribution in [-0.4, -0.2) is 38.7 Å². The van der Waals surface area contributed by atoms with Crippen molar-refractivity contribution in [1.82, 2.24) is 20.0 Å². The van der Waals surface area contributed by atoms with Gasteiger partial charge in [0.05, 0.1) is 24.9 Å². The summed E-state index contributed by atoms with van der Waals surface area (Å²) >= 11 is 0. The molecule has 0 spiro atoms. The minimum atomic E-state index is -0.444. The smallest absolute Gasteiger partial charge is 0.257 e. The van der Waals surface area contributed by atoms with Gasteiger partial charge in [-0.25, -0.2) is 9.82 Å². The third-order valence-corrected chi connectivity index (χ3v) is 5.15. The van der Waals surface area contributed by atoms with E-state index in [0.29, 0.717) is 11.3 Å². The first kappa shape index (κ1) is 20.6. The van der Waals surface area contributed by atoms with Gasteiger partial charge in [-0.15, -0.1) is 0 Å². The Morgan fingerprint density at radius 1 is 1.13 bits per heavy atom. The summed E-state index contributed by atoms with van der Waals surface area (Å²) in [6.07, 6.45) is 4.79. The van der Waals surface area contributed by atoms with E-state index in [0.717, 1.165) is 21.3 Å². The predicted octanol–water partition coefficient (Wildman–Crippen LogP) is 2.46. The van der Waals surface area contributed by atoms with Crippen molar-refractivity contribution in [2.24, 2.45) is 0 Å². The summed E-state index contributed by atoms with van der Waals surface area (Å²) in [7, 11) is 0. The molecule has 7 nitrogen and oxygen atoms in total. The topological polar surface area (TPSA) is 87.5 Å². The summed E-state index contributed by atoms with van der Waals surface area (Å²) in [6.45, 7) is 1.46. The second-order valence-corrected chi connectivity index (χ2v) is 7.13. The molecule has 1 atom stereocenters. The van der Waals surface area contributed by atoms with Crippen LogP contribution in [0.25, 0.3) is 11.3 Å². The Balaban J connectivity index is 1.95. The molecule has 2 aromatic heterocycles. The second kappa shape index (κ2) is 8.63. The highest BCUT2D eigenvalue weighted by Gasteiger charge is 2.34. The summed E-state index contributed by atoms with van der Waals surface area (Å²) in [5.74, 6) is -0.711. The molecule has 2 N–H and O–H groups in total. The van der Waals surface area contributed by atoms with E-state index in [4.69, 9.17) is 0 Å². The van der Waals surface area contributed by atoms with Crippen molar-refractivity contribution in [2.75, 3.05) is 13.2 Å². The second-order valence-electron chi connectivity index (χ2n) is 7.13. The molecule has 1 aliphatic heterocycles. The number of hydrogen-bond acceptors (Lipinski definition) is 6. The van der Waals surface area contributed by atoms with Crippen molar-refractivity contribution < 1.29 is 14.3 Å². The Labute approximate surface area is 178 Å². The van der Waals surface area contributed by atoms with E-state index >= 15 is 0 Å². The number of hydrazine groups is 1. The van der Waals surface area contributed by atoms with Gasteiger partial charge in [-0.2, -0.15) is 0 Å². The fourth-order valence-electron chi connectivity index (χ4n) is 3.77. The van der Waals surface area contributed by atoms with Crippen LogP contribution >= 0.6 is 0 Å². The van der Waals surface area contributed by atoms with Gasteiger partial charge in [-0.1, -0.05) is 12.1 Å². The predicted molar refractivity (Wildman–Crippen MR) is 114 cm³/mol. The maximum atomic E-state index is 13.5. The molecule has 0 aliphatic carbocycles. The molecule has 31 heavy (non-hydrogen) atoms. The number of rotatable bonds is 5. The maximum Gasteiger partial charge on any atom is 0.257 e. The summed E-state index contributed by atoms with van der Waals surface area (Å²) in [5, 5.41) is 11.4. The number of nitrogens with one attached hydrogen (secondary N) is 1. The van der Waals surface area contributed by atoms with E-state index in [1.807, 2.05) is 12.1 Å². The van der Waals surface area contributed by atoms with E-state index in [2.05, 4.69) is 10.4 Å². The van der Waals surface area contributed by atoms with Gasteiger partial charge < -0.3 is 10.1 Å². The number of hydrogen-bond donors (Lipinski definition) is 2. The Bertz CT molecular complexity index is 1190. The zero-order valence-corrected chi connectivity index (χ0v) is 16.8. The minimum absolute atomic E-state index is 0.124. The van der Waals surface area contributed by atoms with Crippen LogP contribution in [0, 0.1) is 5.82 Å².